The van der Waals surface area contributed by atoms with Gasteiger partial charge in [0.25, 0.3) is 0 Å². The van der Waals surface area contributed by atoms with Crippen LogP contribution in [-0.2, 0) is 6.42 Å². The molecule has 1 aromatic carbocycles. The SMILES string of the molecule is OC(CCc1ccsc1)c1ccc(I)c(Cl)c1. The third-order valence-corrected chi connectivity index (χ3v) is 4.92. The van der Waals surface area contributed by atoms with E-state index in [1.807, 2.05) is 18.2 Å². The maximum Gasteiger partial charge on any atom is 0.0793 e. The molecule has 0 amide bonds. The number of hydrogen-bond donors (Lipinski definition) is 1. The molecule has 0 aliphatic rings. The second-order valence-corrected chi connectivity index (χ2v) is 6.21. The lowest BCUT2D eigenvalue weighted by atomic mass is 10.0. The summed E-state index contributed by atoms with van der Waals surface area (Å²) < 4.78 is 1.01. The molecule has 0 saturated carbocycles. The molecule has 2 aromatic rings. The van der Waals surface area contributed by atoms with Crippen molar-refractivity contribution in [2.75, 3.05) is 0 Å². The quantitative estimate of drug-likeness (QED) is 0.766. The van der Waals surface area contributed by atoms with Crippen molar-refractivity contribution in [1.29, 1.82) is 0 Å². The van der Waals surface area contributed by atoms with Crippen molar-refractivity contribution >= 4 is 45.5 Å². The molecule has 1 N–H and O–H groups in total. The van der Waals surface area contributed by atoms with Gasteiger partial charge in [0.05, 0.1) is 11.1 Å². The van der Waals surface area contributed by atoms with E-state index < -0.39 is 6.10 Å². The van der Waals surface area contributed by atoms with Crippen LogP contribution in [0.2, 0.25) is 5.02 Å². The molecule has 1 aromatic heterocycles. The second kappa shape index (κ2) is 6.18. The molecule has 90 valence electrons. The number of aliphatic hydroxyl groups is 1. The van der Waals surface area contributed by atoms with Crippen molar-refractivity contribution in [3.8, 4) is 0 Å². The van der Waals surface area contributed by atoms with E-state index in [0.717, 1.165) is 22.0 Å². The number of halogens is 2. The number of aryl methyl sites for hydroxylation is 1. The van der Waals surface area contributed by atoms with Crippen LogP contribution < -0.4 is 0 Å². The van der Waals surface area contributed by atoms with Crippen molar-refractivity contribution in [3.63, 3.8) is 0 Å². The average Bonchev–Trinajstić information content (AvgIpc) is 2.82. The van der Waals surface area contributed by atoms with Crippen molar-refractivity contribution in [2.24, 2.45) is 0 Å². The summed E-state index contributed by atoms with van der Waals surface area (Å²) in [6.45, 7) is 0. The summed E-state index contributed by atoms with van der Waals surface area (Å²) >= 11 is 9.91. The van der Waals surface area contributed by atoms with E-state index in [9.17, 15) is 5.11 Å². The molecule has 0 aliphatic carbocycles. The van der Waals surface area contributed by atoms with Crippen molar-refractivity contribution in [1.82, 2.24) is 0 Å². The molecule has 1 heterocycles. The van der Waals surface area contributed by atoms with Gasteiger partial charge in [-0.3, -0.25) is 0 Å². The molecule has 0 aliphatic heterocycles. The van der Waals surface area contributed by atoms with Gasteiger partial charge < -0.3 is 5.11 Å². The molecular weight excluding hydrogens is 367 g/mol. The van der Waals surface area contributed by atoms with Crippen LogP contribution in [0, 0.1) is 3.57 Å². The summed E-state index contributed by atoms with van der Waals surface area (Å²) in [5.41, 5.74) is 2.18. The highest BCUT2D eigenvalue weighted by molar-refractivity contribution is 14.1. The predicted octanol–water partition coefficient (Wildman–Crippen LogP) is 4.67. The Morgan fingerprint density at radius 2 is 2.18 bits per heavy atom. The highest BCUT2D eigenvalue weighted by Crippen LogP contribution is 2.25. The van der Waals surface area contributed by atoms with Crippen LogP contribution in [0.1, 0.15) is 23.7 Å². The minimum absolute atomic E-state index is 0.440. The Bertz CT molecular complexity index is 484. The van der Waals surface area contributed by atoms with Gasteiger partial charge in [-0.1, -0.05) is 17.7 Å². The lowest BCUT2D eigenvalue weighted by Crippen LogP contribution is -1.99. The maximum atomic E-state index is 10.1. The Balaban J connectivity index is 1.99. The number of hydrogen-bond acceptors (Lipinski definition) is 2. The second-order valence-electron chi connectivity index (χ2n) is 3.86. The summed E-state index contributed by atoms with van der Waals surface area (Å²) in [6.07, 6.45) is 1.19. The first-order valence-electron chi connectivity index (χ1n) is 5.31. The average molecular weight is 379 g/mol. The molecule has 17 heavy (non-hydrogen) atoms. The minimum Gasteiger partial charge on any atom is -0.388 e. The summed E-state index contributed by atoms with van der Waals surface area (Å²) in [5.74, 6) is 0. The van der Waals surface area contributed by atoms with E-state index in [1.54, 1.807) is 11.3 Å². The van der Waals surface area contributed by atoms with Gasteiger partial charge in [-0.2, -0.15) is 11.3 Å². The fourth-order valence-corrected chi connectivity index (χ4v) is 2.85. The van der Waals surface area contributed by atoms with E-state index in [4.69, 9.17) is 11.6 Å². The summed E-state index contributed by atoms with van der Waals surface area (Å²) in [4.78, 5) is 0. The van der Waals surface area contributed by atoms with E-state index in [-0.39, 0.29) is 0 Å². The van der Waals surface area contributed by atoms with Crippen LogP contribution in [-0.4, -0.2) is 5.11 Å². The third kappa shape index (κ3) is 3.68. The Morgan fingerprint density at radius 1 is 1.35 bits per heavy atom. The van der Waals surface area contributed by atoms with E-state index in [2.05, 4.69) is 39.4 Å². The number of thiophene rings is 1. The standard InChI is InChI=1S/C13H12ClIOS/c14-11-7-10(2-3-12(11)15)13(16)4-1-9-5-6-17-8-9/h2-3,5-8,13,16H,1,4H2. The molecule has 0 spiro atoms. The Kier molecular flexibility index (Phi) is 4.85. The summed E-state index contributed by atoms with van der Waals surface area (Å²) in [7, 11) is 0. The van der Waals surface area contributed by atoms with Crippen LogP contribution in [0.5, 0.6) is 0 Å². The smallest absolute Gasteiger partial charge is 0.0793 e. The molecular formula is C13H12ClIOS. The fraction of sp³-hybridized carbons (Fsp3) is 0.231. The van der Waals surface area contributed by atoms with E-state index in [1.165, 1.54) is 5.56 Å². The minimum atomic E-state index is -0.440. The first-order valence-corrected chi connectivity index (χ1v) is 7.71. The first-order chi connectivity index (χ1) is 8.16. The Labute approximate surface area is 124 Å². The van der Waals surface area contributed by atoms with Gasteiger partial charge in [0.1, 0.15) is 0 Å². The zero-order valence-corrected chi connectivity index (χ0v) is 12.8. The van der Waals surface area contributed by atoms with Crippen LogP contribution in [0.4, 0.5) is 0 Å². The zero-order chi connectivity index (χ0) is 12.3. The molecule has 1 unspecified atom stereocenters. The van der Waals surface area contributed by atoms with Crippen molar-refractivity contribution in [2.45, 2.75) is 18.9 Å². The fourth-order valence-electron chi connectivity index (χ4n) is 1.62. The topological polar surface area (TPSA) is 20.2 Å². The van der Waals surface area contributed by atoms with Gasteiger partial charge in [0.15, 0.2) is 0 Å². The molecule has 0 saturated heterocycles. The third-order valence-electron chi connectivity index (χ3n) is 2.61. The van der Waals surface area contributed by atoms with Gasteiger partial charge in [-0.15, -0.1) is 0 Å². The molecule has 0 radical (unpaired) electrons. The van der Waals surface area contributed by atoms with Gasteiger partial charge in [0.2, 0.25) is 0 Å². The molecule has 0 bridgehead atoms. The molecule has 4 heteroatoms. The van der Waals surface area contributed by atoms with Gasteiger partial charge in [-0.25, -0.2) is 0 Å². The van der Waals surface area contributed by atoms with Gasteiger partial charge in [0, 0.05) is 3.57 Å². The normalized spacial score (nSPS) is 12.6. The van der Waals surface area contributed by atoms with E-state index >= 15 is 0 Å². The van der Waals surface area contributed by atoms with Crippen LogP contribution in [0.3, 0.4) is 0 Å². The lowest BCUT2D eigenvalue weighted by molar-refractivity contribution is 0.168. The first kappa shape index (κ1) is 13.3. The molecule has 2 rings (SSSR count). The molecule has 1 nitrogen and oxygen atoms in total. The summed E-state index contributed by atoms with van der Waals surface area (Å²) in [6, 6.07) is 7.82. The Hall–Kier alpha value is -0.100. The lowest BCUT2D eigenvalue weighted by Gasteiger charge is -2.11. The van der Waals surface area contributed by atoms with Crippen molar-refractivity contribution < 1.29 is 5.11 Å². The van der Waals surface area contributed by atoms with E-state index in [0.29, 0.717) is 5.02 Å². The largest absolute Gasteiger partial charge is 0.388 e. The van der Waals surface area contributed by atoms with Crippen LogP contribution >= 0.6 is 45.5 Å². The van der Waals surface area contributed by atoms with Crippen LogP contribution in [0.15, 0.2) is 35.0 Å². The predicted molar refractivity (Wildman–Crippen MR) is 81.8 cm³/mol. The Morgan fingerprint density at radius 3 is 2.82 bits per heavy atom. The van der Waals surface area contributed by atoms with Gasteiger partial charge in [-0.05, 0) is 75.5 Å². The zero-order valence-electron chi connectivity index (χ0n) is 9.07. The van der Waals surface area contributed by atoms with Crippen molar-refractivity contribution in [3.05, 3.63) is 54.7 Å². The van der Waals surface area contributed by atoms with Crippen LogP contribution in [0.25, 0.3) is 0 Å². The summed E-state index contributed by atoms with van der Waals surface area (Å²) in [5, 5.41) is 15.0. The maximum absolute atomic E-state index is 10.1. The highest BCUT2D eigenvalue weighted by Gasteiger charge is 2.09. The monoisotopic (exact) mass is 378 g/mol. The highest BCUT2D eigenvalue weighted by atomic mass is 127. The number of rotatable bonds is 4. The number of aliphatic hydroxyl groups excluding tert-OH is 1. The van der Waals surface area contributed by atoms with Gasteiger partial charge >= 0.3 is 0 Å². The molecule has 0 fully saturated rings. The molecule has 1 atom stereocenters. The number of benzene rings is 1.